The zero-order valence-electron chi connectivity index (χ0n) is 19.4. The fourth-order valence-corrected chi connectivity index (χ4v) is 3.26. The number of hydrogen-bond donors (Lipinski definition) is 1. The SMILES string of the molecule is CCCOc1ccc(Oc2ncccc2CNC(=O)CCc2ncc(-c3ccc(F)cc3)o2)cc1. The number of amides is 1. The zero-order valence-corrected chi connectivity index (χ0v) is 19.4. The Hall–Kier alpha value is -4.20. The first-order valence-corrected chi connectivity index (χ1v) is 11.4. The highest BCUT2D eigenvalue weighted by molar-refractivity contribution is 5.76. The molecule has 1 amide bonds. The van der Waals surface area contributed by atoms with E-state index < -0.39 is 0 Å². The number of nitrogens with one attached hydrogen (secondary N) is 1. The summed E-state index contributed by atoms with van der Waals surface area (Å²) in [6.45, 7) is 2.99. The van der Waals surface area contributed by atoms with E-state index in [0.717, 1.165) is 23.3 Å². The lowest BCUT2D eigenvalue weighted by Gasteiger charge is -2.11. The minimum atomic E-state index is -0.317. The van der Waals surface area contributed by atoms with E-state index in [9.17, 15) is 9.18 Å². The minimum Gasteiger partial charge on any atom is -0.494 e. The molecule has 0 aliphatic carbocycles. The van der Waals surface area contributed by atoms with Gasteiger partial charge in [0.25, 0.3) is 0 Å². The average molecular weight is 476 g/mol. The van der Waals surface area contributed by atoms with Crippen molar-refractivity contribution >= 4 is 5.91 Å². The standard InChI is InChI=1S/C27H26FN3O4/c1-2-16-33-22-9-11-23(12-10-22)34-27-20(4-3-15-29-27)17-30-25(32)13-14-26-31-18-24(35-26)19-5-7-21(28)8-6-19/h3-12,15,18H,2,13-14,16-17H2,1H3,(H,30,32). The molecule has 7 nitrogen and oxygen atoms in total. The summed E-state index contributed by atoms with van der Waals surface area (Å²) in [6.07, 6.45) is 4.70. The first-order chi connectivity index (χ1) is 17.1. The number of pyridine rings is 1. The van der Waals surface area contributed by atoms with Crippen LogP contribution in [0.5, 0.6) is 17.4 Å². The predicted molar refractivity (Wildman–Crippen MR) is 129 cm³/mol. The van der Waals surface area contributed by atoms with Crippen molar-refractivity contribution in [2.24, 2.45) is 0 Å². The number of carbonyl (C=O) groups excluding carboxylic acids is 1. The highest BCUT2D eigenvalue weighted by Gasteiger charge is 2.11. The second kappa shape index (κ2) is 11.8. The van der Waals surface area contributed by atoms with Crippen LogP contribution in [0.25, 0.3) is 11.3 Å². The first-order valence-electron chi connectivity index (χ1n) is 11.4. The molecule has 4 rings (SSSR count). The molecule has 180 valence electrons. The van der Waals surface area contributed by atoms with E-state index in [-0.39, 0.29) is 24.7 Å². The van der Waals surface area contributed by atoms with E-state index >= 15 is 0 Å². The molecule has 0 unspecified atom stereocenters. The molecular formula is C27H26FN3O4. The summed E-state index contributed by atoms with van der Waals surface area (Å²) in [4.78, 5) is 20.9. The maximum Gasteiger partial charge on any atom is 0.224 e. The van der Waals surface area contributed by atoms with Crippen molar-refractivity contribution in [1.29, 1.82) is 0 Å². The Morgan fingerprint density at radius 1 is 1.03 bits per heavy atom. The predicted octanol–water partition coefficient (Wildman–Crippen LogP) is 5.71. The van der Waals surface area contributed by atoms with Gasteiger partial charge in [0.2, 0.25) is 11.8 Å². The van der Waals surface area contributed by atoms with Gasteiger partial charge in [-0.25, -0.2) is 14.4 Å². The third-order valence-corrected chi connectivity index (χ3v) is 5.09. The third kappa shape index (κ3) is 6.89. The van der Waals surface area contributed by atoms with Gasteiger partial charge in [0, 0.05) is 36.7 Å². The number of benzene rings is 2. The van der Waals surface area contributed by atoms with Crippen LogP contribution >= 0.6 is 0 Å². The quantitative estimate of drug-likeness (QED) is 0.299. The monoisotopic (exact) mass is 475 g/mol. The molecule has 0 atom stereocenters. The van der Waals surface area contributed by atoms with Crippen LogP contribution in [0, 0.1) is 5.82 Å². The average Bonchev–Trinajstić information content (AvgIpc) is 3.36. The smallest absolute Gasteiger partial charge is 0.224 e. The maximum atomic E-state index is 13.1. The highest BCUT2D eigenvalue weighted by atomic mass is 19.1. The molecule has 4 aromatic rings. The molecule has 0 radical (unpaired) electrons. The van der Waals surface area contributed by atoms with Crippen LogP contribution in [-0.2, 0) is 17.8 Å². The van der Waals surface area contributed by atoms with Crippen molar-refractivity contribution in [3.63, 3.8) is 0 Å². The topological polar surface area (TPSA) is 86.5 Å². The van der Waals surface area contributed by atoms with Crippen LogP contribution in [0.4, 0.5) is 4.39 Å². The van der Waals surface area contributed by atoms with Gasteiger partial charge in [-0.15, -0.1) is 0 Å². The third-order valence-electron chi connectivity index (χ3n) is 5.09. The van der Waals surface area contributed by atoms with Crippen molar-refractivity contribution in [3.8, 4) is 28.7 Å². The van der Waals surface area contributed by atoms with E-state index in [1.54, 1.807) is 30.6 Å². The van der Waals surface area contributed by atoms with Gasteiger partial charge in [-0.05, 0) is 61.0 Å². The Balaban J connectivity index is 1.28. The Bertz CT molecular complexity index is 1240. The second-order valence-electron chi connectivity index (χ2n) is 7.79. The molecule has 0 fully saturated rings. The molecule has 8 heteroatoms. The Morgan fingerprint density at radius 2 is 1.80 bits per heavy atom. The van der Waals surface area contributed by atoms with Gasteiger partial charge in [0.1, 0.15) is 17.3 Å². The Kier molecular flexibility index (Phi) is 8.06. The van der Waals surface area contributed by atoms with Gasteiger partial charge < -0.3 is 19.2 Å². The Labute approximate surface area is 202 Å². The maximum absolute atomic E-state index is 13.1. The van der Waals surface area contributed by atoms with Crippen LogP contribution in [0.1, 0.15) is 31.2 Å². The van der Waals surface area contributed by atoms with Crippen molar-refractivity contribution in [1.82, 2.24) is 15.3 Å². The molecule has 0 aliphatic heterocycles. The van der Waals surface area contributed by atoms with Gasteiger partial charge >= 0.3 is 0 Å². The minimum absolute atomic E-state index is 0.154. The molecule has 0 bridgehead atoms. The van der Waals surface area contributed by atoms with Gasteiger partial charge in [0.05, 0.1) is 12.8 Å². The second-order valence-corrected chi connectivity index (χ2v) is 7.79. The summed E-state index contributed by atoms with van der Waals surface area (Å²) in [5.41, 5.74) is 1.48. The molecule has 0 aliphatic rings. The lowest BCUT2D eigenvalue weighted by molar-refractivity contribution is -0.121. The van der Waals surface area contributed by atoms with Crippen molar-refractivity contribution < 1.29 is 23.1 Å². The molecule has 2 heterocycles. The number of carbonyl (C=O) groups is 1. The number of hydrogen-bond acceptors (Lipinski definition) is 6. The van der Waals surface area contributed by atoms with E-state index in [0.29, 0.717) is 36.3 Å². The van der Waals surface area contributed by atoms with Crippen LogP contribution in [0.15, 0.2) is 77.5 Å². The number of nitrogens with zero attached hydrogens (tertiary/aromatic N) is 2. The fraction of sp³-hybridized carbons (Fsp3) is 0.222. The molecule has 2 aromatic carbocycles. The largest absolute Gasteiger partial charge is 0.494 e. The van der Waals surface area contributed by atoms with Gasteiger partial charge in [-0.1, -0.05) is 13.0 Å². The van der Waals surface area contributed by atoms with E-state index in [4.69, 9.17) is 13.9 Å². The van der Waals surface area contributed by atoms with Crippen molar-refractivity contribution in [2.45, 2.75) is 32.7 Å². The number of oxazole rings is 1. The van der Waals surface area contributed by atoms with E-state index in [1.807, 2.05) is 30.3 Å². The summed E-state index contributed by atoms with van der Waals surface area (Å²) >= 11 is 0. The lowest BCUT2D eigenvalue weighted by Crippen LogP contribution is -2.23. The number of halogens is 1. The fourth-order valence-electron chi connectivity index (χ4n) is 3.26. The van der Waals surface area contributed by atoms with Gasteiger partial charge in [-0.2, -0.15) is 0 Å². The van der Waals surface area contributed by atoms with E-state index in [1.165, 1.54) is 12.1 Å². The summed E-state index contributed by atoms with van der Waals surface area (Å²) in [5.74, 6) is 2.33. The van der Waals surface area contributed by atoms with Crippen LogP contribution in [0.2, 0.25) is 0 Å². The van der Waals surface area contributed by atoms with Crippen LogP contribution < -0.4 is 14.8 Å². The first kappa shape index (κ1) is 23.9. The van der Waals surface area contributed by atoms with Gasteiger partial charge in [0.15, 0.2) is 11.7 Å². The Morgan fingerprint density at radius 3 is 2.57 bits per heavy atom. The molecule has 2 aromatic heterocycles. The lowest BCUT2D eigenvalue weighted by atomic mass is 10.2. The number of aryl methyl sites for hydroxylation is 1. The number of ether oxygens (including phenoxy) is 2. The summed E-state index contributed by atoms with van der Waals surface area (Å²) < 4.78 is 30.3. The molecule has 0 saturated heterocycles. The van der Waals surface area contributed by atoms with E-state index in [2.05, 4.69) is 22.2 Å². The number of rotatable bonds is 11. The highest BCUT2D eigenvalue weighted by Crippen LogP contribution is 2.25. The number of aromatic nitrogens is 2. The normalized spacial score (nSPS) is 10.7. The molecule has 1 N–H and O–H groups in total. The molecule has 0 saturated carbocycles. The zero-order chi connectivity index (χ0) is 24.5. The summed E-state index contributed by atoms with van der Waals surface area (Å²) in [5, 5.41) is 2.88. The van der Waals surface area contributed by atoms with Crippen molar-refractivity contribution in [3.05, 3.63) is 90.3 Å². The molecule has 0 spiro atoms. The summed E-state index contributed by atoms with van der Waals surface area (Å²) in [7, 11) is 0. The van der Waals surface area contributed by atoms with Gasteiger partial charge in [-0.3, -0.25) is 4.79 Å². The van der Waals surface area contributed by atoms with Crippen LogP contribution in [-0.4, -0.2) is 22.5 Å². The van der Waals surface area contributed by atoms with Crippen LogP contribution in [0.3, 0.4) is 0 Å². The molecular weight excluding hydrogens is 449 g/mol. The molecule has 35 heavy (non-hydrogen) atoms. The van der Waals surface area contributed by atoms with Crippen molar-refractivity contribution in [2.75, 3.05) is 6.61 Å². The summed E-state index contributed by atoms with van der Waals surface area (Å²) in [6, 6.07) is 16.9.